The van der Waals surface area contributed by atoms with Crippen LogP contribution in [0.1, 0.15) is 39.0 Å². The van der Waals surface area contributed by atoms with Crippen LogP contribution in [-0.4, -0.2) is 45.0 Å². The molecule has 2 rings (SSSR count). The quantitative estimate of drug-likeness (QED) is 0.860. The van der Waals surface area contributed by atoms with Gasteiger partial charge in [-0.05, 0) is 43.6 Å². The van der Waals surface area contributed by atoms with Gasteiger partial charge in [-0.2, -0.15) is 11.8 Å². The highest BCUT2D eigenvalue weighted by Crippen LogP contribution is 2.38. The van der Waals surface area contributed by atoms with E-state index >= 15 is 0 Å². The fraction of sp³-hybridized carbons (Fsp3) is 1.00. The zero-order chi connectivity index (χ0) is 13.0. The van der Waals surface area contributed by atoms with Crippen molar-refractivity contribution in [3.05, 3.63) is 0 Å². The molecule has 106 valence electrons. The summed E-state index contributed by atoms with van der Waals surface area (Å²) in [5.41, 5.74) is 5.96. The van der Waals surface area contributed by atoms with Crippen LogP contribution in [0.3, 0.4) is 0 Å². The van der Waals surface area contributed by atoms with Crippen molar-refractivity contribution in [2.24, 2.45) is 5.73 Å². The van der Waals surface area contributed by atoms with Crippen molar-refractivity contribution in [1.82, 2.24) is 0 Å². The van der Waals surface area contributed by atoms with Gasteiger partial charge in [-0.25, -0.2) is 0 Å². The minimum absolute atomic E-state index is 0.0418. The van der Waals surface area contributed by atoms with Crippen LogP contribution in [0.4, 0.5) is 0 Å². The molecule has 1 spiro atoms. The Labute approximate surface area is 117 Å². The average Bonchev–Trinajstić information content (AvgIpc) is 2.39. The van der Waals surface area contributed by atoms with Crippen LogP contribution < -0.4 is 5.73 Å². The Bertz CT molecular complexity index is 287. The maximum absolute atomic E-state index is 12.4. The molecule has 2 N–H and O–H groups in total. The molecule has 2 saturated heterocycles. The second kappa shape index (κ2) is 6.73. The summed E-state index contributed by atoms with van der Waals surface area (Å²) in [6.45, 7) is 2.84. The molecular formula is C13H25NO2S2. The van der Waals surface area contributed by atoms with E-state index in [2.05, 4.69) is 6.92 Å². The lowest BCUT2D eigenvalue weighted by atomic mass is 9.88. The van der Waals surface area contributed by atoms with Gasteiger partial charge < -0.3 is 10.5 Å². The van der Waals surface area contributed by atoms with E-state index in [4.69, 9.17) is 10.5 Å². The molecule has 0 aromatic rings. The van der Waals surface area contributed by atoms with Gasteiger partial charge in [-0.3, -0.25) is 4.21 Å². The Morgan fingerprint density at radius 3 is 2.89 bits per heavy atom. The Balaban J connectivity index is 1.91. The van der Waals surface area contributed by atoms with Gasteiger partial charge in [0, 0.05) is 34.5 Å². The first-order valence-electron chi connectivity index (χ1n) is 7.00. The largest absolute Gasteiger partial charge is 0.375 e. The number of ether oxygens (including phenoxy) is 1. The molecule has 0 aromatic carbocycles. The fourth-order valence-electron chi connectivity index (χ4n) is 2.76. The number of rotatable bonds is 4. The molecule has 0 amide bonds. The first-order chi connectivity index (χ1) is 8.65. The molecule has 0 bridgehead atoms. The molecule has 3 nitrogen and oxygen atoms in total. The molecule has 3 unspecified atom stereocenters. The smallest absolute Gasteiger partial charge is 0.0709 e. The number of hydrogen-bond acceptors (Lipinski definition) is 4. The zero-order valence-electron chi connectivity index (χ0n) is 11.2. The van der Waals surface area contributed by atoms with Gasteiger partial charge in [0.05, 0.1) is 5.60 Å². The molecule has 0 aromatic heterocycles. The third-order valence-electron chi connectivity index (χ3n) is 4.13. The molecule has 3 atom stereocenters. The van der Waals surface area contributed by atoms with Gasteiger partial charge >= 0.3 is 0 Å². The number of hydrogen-bond donors (Lipinski definition) is 1. The molecule has 2 fully saturated rings. The highest BCUT2D eigenvalue weighted by molar-refractivity contribution is 7.99. The van der Waals surface area contributed by atoms with Crippen molar-refractivity contribution < 1.29 is 8.95 Å². The summed E-state index contributed by atoms with van der Waals surface area (Å²) in [4.78, 5) is 0. The molecular weight excluding hydrogens is 266 g/mol. The summed E-state index contributed by atoms with van der Waals surface area (Å²) in [5, 5.41) is 0.305. The number of nitrogens with two attached hydrogens (primary N) is 1. The van der Waals surface area contributed by atoms with E-state index in [0.29, 0.717) is 11.0 Å². The molecule has 2 aliphatic rings. The lowest BCUT2D eigenvalue weighted by molar-refractivity contribution is -0.0809. The average molecular weight is 291 g/mol. The van der Waals surface area contributed by atoms with Crippen LogP contribution in [-0.2, 0) is 15.5 Å². The highest BCUT2D eigenvalue weighted by atomic mass is 32.2. The first kappa shape index (κ1) is 14.8. The van der Waals surface area contributed by atoms with Crippen molar-refractivity contribution in [3.63, 3.8) is 0 Å². The van der Waals surface area contributed by atoms with Crippen molar-refractivity contribution in [3.8, 4) is 0 Å². The van der Waals surface area contributed by atoms with Crippen LogP contribution in [0.15, 0.2) is 0 Å². The van der Waals surface area contributed by atoms with Crippen molar-refractivity contribution in [2.45, 2.75) is 55.9 Å². The van der Waals surface area contributed by atoms with Crippen LogP contribution in [0.2, 0.25) is 0 Å². The molecule has 0 saturated carbocycles. The Morgan fingerprint density at radius 2 is 2.22 bits per heavy atom. The van der Waals surface area contributed by atoms with Crippen molar-refractivity contribution in [1.29, 1.82) is 0 Å². The molecule has 2 aliphatic heterocycles. The Kier molecular flexibility index (Phi) is 5.54. The zero-order valence-corrected chi connectivity index (χ0v) is 12.9. The third-order valence-corrected chi connectivity index (χ3v) is 7.01. The van der Waals surface area contributed by atoms with Gasteiger partial charge in [0.1, 0.15) is 0 Å². The normalized spacial score (nSPS) is 31.1. The standard InChI is InChI=1S/C13H25NO2S2/c1-2-11(14)10-18(15)12-3-6-16-13(9-12)4-7-17-8-5-13/h11-12H,2-10,14H2,1H3. The minimum atomic E-state index is -0.776. The van der Waals surface area contributed by atoms with Gasteiger partial charge in [0.2, 0.25) is 0 Å². The van der Waals surface area contributed by atoms with Gasteiger partial charge in [0.15, 0.2) is 0 Å². The van der Waals surface area contributed by atoms with Crippen LogP contribution >= 0.6 is 11.8 Å². The Morgan fingerprint density at radius 1 is 1.50 bits per heavy atom. The summed E-state index contributed by atoms with van der Waals surface area (Å²) < 4.78 is 18.4. The third kappa shape index (κ3) is 3.71. The molecule has 0 aliphatic carbocycles. The van der Waals surface area contributed by atoms with Crippen LogP contribution in [0, 0.1) is 0 Å². The maximum Gasteiger partial charge on any atom is 0.0709 e. The summed E-state index contributed by atoms with van der Waals surface area (Å²) in [5.74, 6) is 3.04. The highest BCUT2D eigenvalue weighted by Gasteiger charge is 2.40. The lowest BCUT2D eigenvalue weighted by Gasteiger charge is -2.43. The van der Waals surface area contributed by atoms with Crippen molar-refractivity contribution >= 4 is 22.6 Å². The second-order valence-corrected chi connectivity index (χ2v) is 8.46. The minimum Gasteiger partial charge on any atom is -0.375 e. The van der Waals surface area contributed by atoms with E-state index in [1.54, 1.807) is 0 Å². The SMILES string of the molecule is CCC(N)CS(=O)C1CCOC2(CCSCC2)C1. The first-order valence-corrected chi connectivity index (χ1v) is 9.53. The fourth-order valence-corrected chi connectivity index (χ4v) is 5.78. The maximum atomic E-state index is 12.4. The predicted molar refractivity (Wildman–Crippen MR) is 79.5 cm³/mol. The summed E-state index contributed by atoms with van der Waals surface area (Å²) in [7, 11) is -0.776. The van der Waals surface area contributed by atoms with Gasteiger partial charge in [-0.1, -0.05) is 6.92 Å². The van der Waals surface area contributed by atoms with Crippen molar-refractivity contribution in [2.75, 3.05) is 23.9 Å². The predicted octanol–water partition coefficient (Wildman–Crippen LogP) is 1.92. The van der Waals surface area contributed by atoms with Gasteiger partial charge in [0.25, 0.3) is 0 Å². The van der Waals surface area contributed by atoms with E-state index in [-0.39, 0.29) is 11.6 Å². The van der Waals surface area contributed by atoms with E-state index in [1.807, 2.05) is 11.8 Å². The van der Waals surface area contributed by atoms with Crippen LogP contribution in [0.25, 0.3) is 0 Å². The van der Waals surface area contributed by atoms with Gasteiger partial charge in [-0.15, -0.1) is 0 Å². The molecule has 5 heteroatoms. The lowest BCUT2D eigenvalue weighted by Crippen LogP contribution is -2.46. The monoisotopic (exact) mass is 291 g/mol. The summed E-state index contributed by atoms with van der Waals surface area (Å²) in [6.07, 6.45) is 5.10. The van der Waals surface area contributed by atoms with E-state index < -0.39 is 10.8 Å². The van der Waals surface area contributed by atoms with E-state index in [1.165, 1.54) is 11.5 Å². The van der Waals surface area contributed by atoms with Crippen LogP contribution in [0.5, 0.6) is 0 Å². The second-order valence-electron chi connectivity index (χ2n) is 5.47. The van der Waals surface area contributed by atoms with E-state index in [0.717, 1.165) is 38.7 Å². The summed E-state index contributed by atoms with van der Waals surface area (Å²) in [6, 6.07) is 0.0894. The summed E-state index contributed by atoms with van der Waals surface area (Å²) >= 11 is 2.01. The Hall–Kier alpha value is 0.420. The molecule has 2 heterocycles. The number of thioether (sulfide) groups is 1. The van der Waals surface area contributed by atoms with E-state index in [9.17, 15) is 4.21 Å². The topological polar surface area (TPSA) is 52.3 Å². The molecule has 0 radical (unpaired) electrons. The molecule has 18 heavy (non-hydrogen) atoms.